The van der Waals surface area contributed by atoms with Gasteiger partial charge in [-0.3, -0.25) is 15.2 Å². The third-order valence-corrected chi connectivity index (χ3v) is 3.90. The standard InChI is InChI=1S/C11H9N5OS2/c1-6-12-11(16-15-6)14-9(17)8-5-19-10(13-8)7-2-3-18-4-7/h2-5H,1H3,(H2,12,14,15,16,17). The molecule has 0 bridgehead atoms. The van der Waals surface area contributed by atoms with Crippen LogP contribution in [-0.2, 0) is 0 Å². The van der Waals surface area contributed by atoms with E-state index in [0.29, 0.717) is 11.5 Å². The molecule has 0 unspecified atom stereocenters. The fraction of sp³-hybridized carbons (Fsp3) is 0.0909. The minimum absolute atomic E-state index is 0.257. The number of H-pyrrole nitrogens is 1. The Morgan fingerprint density at radius 2 is 2.26 bits per heavy atom. The van der Waals surface area contributed by atoms with Crippen LogP contribution in [0.5, 0.6) is 0 Å². The molecular weight excluding hydrogens is 282 g/mol. The maximum Gasteiger partial charge on any atom is 0.277 e. The van der Waals surface area contributed by atoms with Crippen LogP contribution in [0.15, 0.2) is 22.2 Å². The fourth-order valence-electron chi connectivity index (χ4n) is 1.46. The van der Waals surface area contributed by atoms with E-state index in [2.05, 4.69) is 25.5 Å². The molecule has 0 aliphatic carbocycles. The van der Waals surface area contributed by atoms with E-state index in [4.69, 9.17) is 0 Å². The zero-order valence-electron chi connectivity index (χ0n) is 9.88. The summed E-state index contributed by atoms with van der Waals surface area (Å²) < 4.78 is 0. The molecule has 0 radical (unpaired) electrons. The van der Waals surface area contributed by atoms with Crippen LogP contribution in [0.1, 0.15) is 16.3 Å². The highest BCUT2D eigenvalue weighted by atomic mass is 32.1. The summed E-state index contributed by atoms with van der Waals surface area (Å²) in [5.74, 6) is 0.594. The molecule has 0 aromatic carbocycles. The maximum atomic E-state index is 11.9. The maximum absolute atomic E-state index is 11.9. The fourth-order valence-corrected chi connectivity index (χ4v) is 2.97. The van der Waals surface area contributed by atoms with Gasteiger partial charge in [-0.2, -0.15) is 16.3 Å². The number of carbonyl (C=O) groups is 1. The number of carbonyl (C=O) groups excluding carboxylic acids is 1. The Labute approximate surface area is 116 Å². The molecule has 0 spiro atoms. The van der Waals surface area contributed by atoms with Gasteiger partial charge in [0.1, 0.15) is 16.5 Å². The molecule has 3 heterocycles. The number of amides is 1. The number of thiazole rings is 1. The lowest BCUT2D eigenvalue weighted by Gasteiger charge is -1.95. The van der Waals surface area contributed by atoms with Gasteiger partial charge >= 0.3 is 0 Å². The second-order valence-electron chi connectivity index (χ2n) is 3.75. The first-order valence-electron chi connectivity index (χ1n) is 5.41. The highest BCUT2D eigenvalue weighted by molar-refractivity contribution is 7.14. The third kappa shape index (κ3) is 2.54. The van der Waals surface area contributed by atoms with Crippen LogP contribution in [0.4, 0.5) is 5.95 Å². The average Bonchev–Trinajstić information content (AvgIpc) is 3.08. The summed E-state index contributed by atoms with van der Waals surface area (Å²) >= 11 is 3.04. The largest absolute Gasteiger partial charge is 0.288 e. The molecule has 8 heteroatoms. The predicted octanol–water partition coefficient (Wildman–Crippen LogP) is 2.55. The van der Waals surface area contributed by atoms with Crippen molar-refractivity contribution in [1.29, 1.82) is 0 Å². The van der Waals surface area contributed by atoms with Crippen molar-refractivity contribution < 1.29 is 4.79 Å². The van der Waals surface area contributed by atoms with Crippen LogP contribution < -0.4 is 5.32 Å². The number of aromatic amines is 1. The Kier molecular flexibility index (Phi) is 3.10. The number of aromatic nitrogens is 4. The molecule has 0 aliphatic rings. The van der Waals surface area contributed by atoms with Crippen molar-refractivity contribution in [3.63, 3.8) is 0 Å². The van der Waals surface area contributed by atoms with Gasteiger partial charge in [0.2, 0.25) is 5.95 Å². The quantitative estimate of drug-likeness (QED) is 0.776. The van der Waals surface area contributed by atoms with Crippen LogP contribution >= 0.6 is 22.7 Å². The lowest BCUT2D eigenvalue weighted by Crippen LogP contribution is -2.13. The minimum atomic E-state index is -0.309. The summed E-state index contributed by atoms with van der Waals surface area (Å²) in [6.07, 6.45) is 0. The summed E-state index contributed by atoms with van der Waals surface area (Å²) in [7, 11) is 0. The minimum Gasteiger partial charge on any atom is -0.288 e. The van der Waals surface area contributed by atoms with Crippen molar-refractivity contribution in [3.8, 4) is 10.6 Å². The first-order valence-corrected chi connectivity index (χ1v) is 7.23. The number of thiophene rings is 1. The molecule has 3 aromatic rings. The van der Waals surface area contributed by atoms with E-state index in [1.807, 2.05) is 16.8 Å². The molecule has 0 aliphatic heterocycles. The molecule has 6 nitrogen and oxygen atoms in total. The number of nitrogens with zero attached hydrogens (tertiary/aromatic N) is 3. The van der Waals surface area contributed by atoms with Gasteiger partial charge in [-0.25, -0.2) is 4.98 Å². The molecule has 0 fully saturated rings. The van der Waals surface area contributed by atoms with Crippen molar-refractivity contribution in [3.05, 3.63) is 33.7 Å². The summed E-state index contributed by atoms with van der Waals surface area (Å²) in [6.45, 7) is 1.76. The van der Waals surface area contributed by atoms with E-state index in [0.717, 1.165) is 10.6 Å². The number of hydrogen-bond donors (Lipinski definition) is 2. The van der Waals surface area contributed by atoms with E-state index in [1.54, 1.807) is 23.6 Å². The summed E-state index contributed by atoms with van der Waals surface area (Å²) in [5, 5.41) is 15.6. The predicted molar refractivity (Wildman–Crippen MR) is 74.5 cm³/mol. The van der Waals surface area contributed by atoms with Gasteiger partial charge < -0.3 is 0 Å². The Balaban J connectivity index is 1.77. The number of hydrogen-bond acceptors (Lipinski definition) is 6. The number of anilines is 1. The van der Waals surface area contributed by atoms with Gasteiger partial charge in [0.05, 0.1) is 0 Å². The van der Waals surface area contributed by atoms with E-state index in [1.165, 1.54) is 11.3 Å². The number of nitrogens with one attached hydrogen (secondary N) is 2. The Hall–Kier alpha value is -2.06. The number of aryl methyl sites for hydroxylation is 1. The van der Waals surface area contributed by atoms with E-state index >= 15 is 0 Å². The highest BCUT2D eigenvalue weighted by Crippen LogP contribution is 2.25. The van der Waals surface area contributed by atoms with Crippen molar-refractivity contribution in [1.82, 2.24) is 20.2 Å². The molecule has 19 heavy (non-hydrogen) atoms. The zero-order chi connectivity index (χ0) is 13.2. The topological polar surface area (TPSA) is 83.6 Å². The average molecular weight is 291 g/mol. The monoisotopic (exact) mass is 291 g/mol. The SMILES string of the molecule is Cc1nc(NC(=O)c2csc(-c3ccsc3)n2)n[nH]1. The number of rotatable bonds is 3. The molecule has 0 saturated heterocycles. The van der Waals surface area contributed by atoms with Crippen molar-refractivity contribution in [2.24, 2.45) is 0 Å². The summed E-state index contributed by atoms with van der Waals surface area (Å²) in [5.41, 5.74) is 1.40. The van der Waals surface area contributed by atoms with Gasteiger partial charge in [-0.15, -0.1) is 16.4 Å². The molecule has 3 aromatic heterocycles. The van der Waals surface area contributed by atoms with Gasteiger partial charge in [0, 0.05) is 16.3 Å². The summed E-state index contributed by atoms with van der Waals surface area (Å²) in [4.78, 5) is 20.3. The lowest BCUT2D eigenvalue weighted by atomic mass is 10.3. The van der Waals surface area contributed by atoms with Gasteiger partial charge in [0.15, 0.2) is 0 Å². The first-order chi connectivity index (χ1) is 9.22. The van der Waals surface area contributed by atoms with Crippen LogP contribution in [0.25, 0.3) is 10.6 Å². The third-order valence-electron chi connectivity index (χ3n) is 2.33. The van der Waals surface area contributed by atoms with Crippen molar-refractivity contribution >= 4 is 34.5 Å². The van der Waals surface area contributed by atoms with Crippen LogP contribution in [0, 0.1) is 6.92 Å². The first kappa shape index (κ1) is 12.0. The van der Waals surface area contributed by atoms with E-state index in [-0.39, 0.29) is 11.9 Å². The smallest absolute Gasteiger partial charge is 0.277 e. The molecule has 2 N–H and O–H groups in total. The van der Waals surface area contributed by atoms with Crippen LogP contribution in [0.2, 0.25) is 0 Å². The second kappa shape index (κ2) is 4.90. The van der Waals surface area contributed by atoms with Crippen molar-refractivity contribution in [2.45, 2.75) is 6.92 Å². The Bertz CT molecular complexity index is 700. The molecule has 1 amide bonds. The van der Waals surface area contributed by atoms with Crippen LogP contribution in [0.3, 0.4) is 0 Å². The van der Waals surface area contributed by atoms with Gasteiger partial charge in [-0.05, 0) is 18.4 Å². The zero-order valence-corrected chi connectivity index (χ0v) is 11.5. The molecule has 96 valence electrons. The molecular formula is C11H9N5OS2. The molecule has 3 rings (SSSR count). The molecule has 0 atom stereocenters. The van der Waals surface area contributed by atoms with Crippen molar-refractivity contribution in [2.75, 3.05) is 5.32 Å². The summed E-state index contributed by atoms with van der Waals surface area (Å²) in [6, 6.07) is 1.98. The lowest BCUT2D eigenvalue weighted by molar-refractivity contribution is 0.102. The highest BCUT2D eigenvalue weighted by Gasteiger charge is 2.13. The second-order valence-corrected chi connectivity index (χ2v) is 5.39. The molecule has 0 saturated carbocycles. The van der Waals surface area contributed by atoms with Gasteiger partial charge in [-0.1, -0.05) is 0 Å². The van der Waals surface area contributed by atoms with Crippen LogP contribution in [-0.4, -0.2) is 26.1 Å². The van der Waals surface area contributed by atoms with E-state index in [9.17, 15) is 4.79 Å². The Morgan fingerprint density at radius 3 is 2.95 bits per heavy atom. The van der Waals surface area contributed by atoms with E-state index < -0.39 is 0 Å². The normalized spacial score (nSPS) is 10.6. The van der Waals surface area contributed by atoms with Gasteiger partial charge in [0.25, 0.3) is 5.91 Å². The Morgan fingerprint density at radius 1 is 1.37 bits per heavy atom.